The lowest BCUT2D eigenvalue weighted by molar-refractivity contribution is -0.142. The maximum absolute atomic E-state index is 13.4. The van der Waals surface area contributed by atoms with Crippen molar-refractivity contribution in [3.63, 3.8) is 0 Å². The van der Waals surface area contributed by atoms with E-state index < -0.39 is 0 Å². The molecule has 0 aromatic heterocycles. The van der Waals surface area contributed by atoms with Crippen molar-refractivity contribution in [2.75, 3.05) is 20.3 Å². The molecule has 3 atom stereocenters. The summed E-state index contributed by atoms with van der Waals surface area (Å²) in [5, 5.41) is 12.6. The molecule has 3 rings (SSSR count). The molecule has 28 heavy (non-hydrogen) atoms. The Morgan fingerprint density at radius 2 is 1.71 bits per heavy atom. The summed E-state index contributed by atoms with van der Waals surface area (Å²) in [5.74, 6) is 0.282. The molecule has 0 spiro atoms. The van der Waals surface area contributed by atoms with Gasteiger partial charge in [-0.15, -0.1) is 0 Å². The molecule has 3 fully saturated rings. The largest absolute Gasteiger partial charge is 0.396 e. The molecule has 0 aromatic rings. The van der Waals surface area contributed by atoms with E-state index in [2.05, 4.69) is 5.32 Å². The summed E-state index contributed by atoms with van der Waals surface area (Å²) in [6.45, 7) is 0.922. The summed E-state index contributed by atoms with van der Waals surface area (Å²) in [4.78, 5) is 28.2. The highest BCUT2D eigenvalue weighted by Gasteiger charge is 2.38. The molecule has 1 aliphatic heterocycles. The van der Waals surface area contributed by atoms with Gasteiger partial charge in [-0.05, 0) is 64.2 Å². The quantitative estimate of drug-likeness (QED) is 0.726. The molecule has 1 heterocycles. The van der Waals surface area contributed by atoms with Gasteiger partial charge in [-0.25, -0.2) is 0 Å². The third-order valence-corrected chi connectivity index (χ3v) is 7.16. The van der Waals surface area contributed by atoms with Gasteiger partial charge < -0.3 is 20.1 Å². The molecule has 0 radical (unpaired) electrons. The summed E-state index contributed by atoms with van der Waals surface area (Å²) in [6, 6.07) is 0.124. The maximum atomic E-state index is 13.4. The topological polar surface area (TPSA) is 78.9 Å². The van der Waals surface area contributed by atoms with Crippen LogP contribution in [0.1, 0.15) is 77.0 Å². The number of carbonyl (C=O) groups excluding carboxylic acids is 2. The molecule has 2 aliphatic carbocycles. The number of aliphatic hydroxyl groups excluding tert-OH is 1. The molecule has 3 unspecified atom stereocenters. The fourth-order valence-electron chi connectivity index (χ4n) is 5.41. The number of likely N-dealkylation sites (tertiary alicyclic amines) is 1. The van der Waals surface area contributed by atoms with Crippen molar-refractivity contribution in [2.45, 2.75) is 95.2 Å². The average Bonchev–Trinajstić information content (AvgIpc) is 2.74. The number of nitrogens with zero attached hydrogens (tertiary/aromatic N) is 1. The minimum Gasteiger partial charge on any atom is -0.396 e. The van der Waals surface area contributed by atoms with E-state index in [9.17, 15) is 14.7 Å². The Bertz CT molecular complexity index is 517. The Labute approximate surface area is 169 Å². The molecule has 3 aliphatic rings. The third-order valence-electron chi connectivity index (χ3n) is 7.16. The van der Waals surface area contributed by atoms with Crippen LogP contribution < -0.4 is 5.32 Å². The van der Waals surface area contributed by atoms with Crippen molar-refractivity contribution in [3.8, 4) is 0 Å². The minimum absolute atomic E-state index is 0.0365. The van der Waals surface area contributed by atoms with Gasteiger partial charge in [0.25, 0.3) is 0 Å². The highest BCUT2D eigenvalue weighted by atomic mass is 16.5. The number of nitrogens with one attached hydrogen (secondary N) is 1. The van der Waals surface area contributed by atoms with E-state index in [0.29, 0.717) is 6.42 Å². The van der Waals surface area contributed by atoms with Crippen molar-refractivity contribution in [1.82, 2.24) is 10.2 Å². The number of aliphatic hydroxyl groups is 1. The van der Waals surface area contributed by atoms with Gasteiger partial charge in [0, 0.05) is 38.3 Å². The number of ether oxygens (including phenoxy) is 1. The van der Waals surface area contributed by atoms with Crippen LogP contribution in [0.2, 0.25) is 0 Å². The predicted octanol–water partition coefficient (Wildman–Crippen LogP) is 2.63. The van der Waals surface area contributed by atoms with Crippen LogP contribution >= 0.6 is 0 Å². The average molecular weight is 395 g/mol. The number of piperidine rings is 1. The van der Waals surface area contributed by atoms with E-state index in [1.54, 1.807) is 7.11 Å². The number of hydrogen-bond acceptors (Lipinski definition) is 4. The monoisotopic (exact) mass is 394 g/mol. The van der Waals surface area contributed by atoms with Gasteiger partial charge in [0.15, 0.2) is 0 Å². The normalized spacial score (nSPS) is 34.1. The van der Waals surface area contributed by atoms with Crippen molar-refractivity contribution in [1.29, 1.82) is 0 Å². The van der Waals surface area contributed by atoms with E-state index in [1.807, 2.05) is 4.90 Å². The lowest BCUT2D eigenvalue weighted by Crippen LogP contribution is -2.54. The number of carbonyl (C=O) groups is 2. The fraction of sp³-hybridized carbons (Fsp3) is 0.909. The summed E-state index contributed by atoms with van der Waals surface area (Å²) in [7, 11) is 1.74. The van der Waals surface area contributed by atoms with Gasteiger partial charge in [0.1, 0.15) is 0 Å². The van der Waals surface area contributed by atoms with Crippen LogP contribution in [0.3, 0.4) is 0 Å². The summed E-state index contributed by atoms with van der Waals surface area (Å²) in [6.07, 6.45) is 11.6. The van der Waals surface area contributed by atoms with Crippen LogP contribution in [-0.2, 0) is 14.3 Å². The Kier molecular flexibility index (Phi) is 8.15. The van der Waals surface area contributed by atoms with Crippen molar-refractivity contribution < 1.29 is 19.4 Å². The molecule has 6 nitrogen and oxygen atoms in total. The molecule has 1 saturated heterocycles. The number of rotatable bonds is 6. The summed E-state index contributed by atoms with van der Waals surface area (Å²) in [5.41, 5.74) is 0. The minimum atomic E-state index is -0.104. The zero-order valence-electron chi connectivity index (χ0n) is 17.4. The Morgan fingerprint density at radius 3 is 2.43 bits per heavy atom. The molecular formula is C22H38N2O4. The van der Waals surface area contributed by atoms with Crippen LogP contribution in [0.25, 0.3) is 0 Å². The van der Waals surface area contributed by atoms with Gasteiger partial charge >= 0.3 is 0 Å². The first-order chi connectivity index (χ1) is 13.6. The van der Waals surface area contributed by atoms with E-state index in [-0.39, 0.29) is 48.4 Å². The molecular weight excluding hydrogens is 356 g/mol. The first-order valence-electron chi connectivity index (χ1n) is 11.4. The first-order valence-corrected chi connectivity index (χ1v) is 11.4. The predicted molar refractivity (Wildman–Crippen MR) is 108 cm³/mol. The smallest absolute Gasteiger partial charge is 0.228 e. The number of methoxy groups -OCH3 is 1. The second kappa shape index (κ2) is 10.6. The summed E-state index contributed by atoms with van der Waals surface area (Å²) >= 11 is 0. The molecule has 6 heteroatoms. The van der Waals surface area contributed by atoms with Crippen LogP contribution in [0.15, 0.2) is 0 Å². The van der Waals surface area contributed by atoms with Gasteiger partial charge in [-0.3, -0.25) is 9.59 Å². The molecule has 0 bridgehead atoms. The zero-order chi connectivity index (χ0) is 19.9. The van der Waals surface area contributed by atoms with Crippen molar-refractivity contribution in [3.05, 3.63) is 0 Å². The Balaban J connectivity index is 1.60. The van der Waals surface area contributed by atoms with Crippen molar-refractivity contribution >= 4 is 11.8 Å². The number of amides is 2. The van der Waals surface area contributed by atoms with Crippen LogP contribution in [0.4, 0.5) is 0 Å². The van der Waals surface area contributed by atoms with Gasteiger partial charge in [-0.2, -0.15) is 0 Å². The SMILES string of the molecule is COC1CCC(C(=O)NC2CCCCC2C(=O)N2CCCCC2CCO)CC1. The Hall–Kier alpha value is -1.14. The van der Waals surface area contributed by atoms with Crippen LogP contribution in [0, 0.1) is 11.8 Å². The molecule has 0 aromatic carbocycles. The van der Waals surface area contributed by atoms with Gasteiger partial charge in [0.05, 0.1) is 12.0 Å². The second-order valence-corrected chi connectivity index (χ2v) is 8.91. The standard InChI is InChI=1S/C22H38N2O4/c1-28-18-11-9-16(10-12-18)21(26)23-20-8-3-2-7-19(20)22(27)24-14-5-4-6-17(24)13-15-25/h16-20,25H,2-15H2,1H3,(H,23,26). The number of hydrogen-bond donors (Lipinski definition) is 2. The second-order valence-electron chi connectivity index (χ2n) is 8.91. The van der Waals surface area contributed by atoms with Crippen LogP contribution in [-0.4, -0.2) is 60.3 Å². The van der Waals surface area contributed by atoms with Crippen molar-refractivity contribution in [2.24, 2.45) is 11.8 Å². The van der Waals surface area contributed by atoms with E-state index in [4.69, 9.17) is 4.74 Å². The summed E-state index contributed by atoms with van der Waals surface area (Å²) < 4.78 is 5.42. The van der Waals surface area contributed by atoms with Gasteiger partial charge in [-0.1, -0.05) is 12.8 Å². The molecule has 2 saturated carbocycles. The maximum Gasteiger partial charge on any atom is 0.228 e. The fourth-order valence-corrected chi connectivity index (χ4v) is 5.41. The zero-order valence-corrected chi connectivity index (χ0v) is 17.4. The van der Waals surface area contributed by atoms with Crippen LogP contribution in [0.5, 0.6) is 0 Å². The lowest BCUT2D eigenvalue weighted by atomic mass is 9.81. The highest BCUT2D eigenvalue weighted by Crippen LogP contribution is 2.31. The van der Waals surface area contributed by atoms with E-state index >= 15 is 0 Å². The van der Waals surface area contributed by atoms with E-state index in [0.717, 1.165) is 77.2 Å². The molecule has 160 valence electrons. The highest BCUT2D eigenvalue weighted by molar-refractivity contribution is 5.83. The first kappa shape index (κ1) is 21.6. The molecule has 2 N–H and O–H groups in total. The van der Waals surface area contributed by atoms with E-state index in [1.165, 1.54) is 0 Å². The Morgan fingerprint density at radius 1 is 1.00 bits per heavy atom. The third kappa shape index (κ3) is 5.26. The lowest BCUT2D eigenvalue weighted by Gasteiger charge is -2.41. The van der Waals surface area contributed by atoms with Gasteiger partial charge in [0.2, 0.25) is 11.8 Å². The molecule has 2 amide bonds.